The molecule has 0 bridgehead atoms. The standard InChI is InChI=1S/C20H24N4O2S/c1-4-17(5-2)27(26,23-20(25)6-3)18-9-10-19-15(12-18)14-24(22-19)16-8-7-11-21-13-16/h7-14,17H,4-6H2,1-3H3. The predicted molar refractivity (Wildman–Crippen MR) is 107 cm³/mol. The Kier molecular flexibility index (Phi) is 5.70. The molecule has 0 saturated heterocycles. The highest BCUT2D eigenvalue weighted by Gasteiger charge is 2.24. The number of rotatable bonds is 6. The van der Waals surface area contributed by atoms with Crippen LogP contribution in [0.3, 0.4) is 0 Å². The molecule has 0 spiro atoms. The third-order valence-corrected chi connectivity index (χ3v) is 7.60. The second-order valence-electron chi connectivity index (χ2n) is 6.35. The maximum Gasteiger partial charge on any atom is 0.253 e. The normalized spacial score (nSPS) is 13.6. The molecule has 0 radical (unpaired) electrons. The van der Waals surface area contributed by atoms with E-state index in [9.17, 15) is 9.00 Å². The van der Waals surface area contributed by atoms with E-state index in [1.807, 2.05) is 44.3 Å². The summed E-state index contributed by atoms with van der Waals surface area (Å²) in [5.74, 6) is -0.321. The van der Waals surface area contributed by atoms with Crippen LogP contribution in [0.5, 0.6) is 0 Å². The van der Waals surface area contributed by atoms with Gasteiger partial charge in [-0.05, 0) is 43.2 Å². The lowest BCUT2D eigenvalue weighted by Gasteiger charge is -2.19. The van der Waals surface area contributed by atoms with Crippen molar-refractivity contribution >= 4 is 26.5 Å². The molecule has 0 aliphatic rings. The molecule has 3 rings (SSSR count). The van der Waals surface area contributed by atoms with Crippen LogP contribution in [0.4, 0.5) is 0 Å². The number of pyridine rings is 1. The van der Waals surface area contributed by atoms with Crippen LogP contribution in [0.25, 0.3) is 16.6 Å². The minimum atomic E-state index is -2.84. The van der Waals surface area contributed by atoms with Gasteiger partial charge in [0.15, 0.2) is 0 Å². The molecule has 2 aromatic heterocycles. The third-order valence-electron chi connectivity index (χ3n) is 4.63. The molecule has 1 amide bonds. The number of nitrogens with zero attached hydrogens (tertiary/aromatic N) is 4. The first-order valence-corrected chi connectivity index (χ1v) is 10.8. The first-order chi connectivity index (χ1) is 13.0. The number of hydrogen-bond donors (Lipinski definition) is 0. The van der Waals surface area contributed by atoms with Crippen LogP contribution in [0.1, 0.15) is 40.0 Å². The summed E-state index contributed by atoms with van der Waals surface area (Å²) >= 11 is 0. The second-order valence-corrected chi connectivity index (χ2v) is 8.81. The van der Waals surface area contributed by atoms with Gasteiger partial charge in [-0.3, -0.25) is 9.78 Å². The van der Waals surface area contributed by atoms with Crippen molar-refractivity contribution in [3.63, 3.8) is 0 Å². The smallest absolute Gasteiger partial charge is 0.253 e. The summed E-state index contributed by atoms with van der Waals surface area (Å²) in [6.45, 7) is 5.71. The van der Waals surface area contributed by atoms with Gasteiger partial charge in [0.2, 0.25) is 0 Å². The van der Waals surface area contributed by atoms with Crippen LogP contribution in [-0.4, -0.2) is 30.1 Å². The largest absolute Gasteiger partial charge is 0.272 e. The van der Waals surface area contributed by atoms with Crippen molar-refractivity contribution in [2.75, 3.05) is 0 Å². The molecule has 27 heavy (non-hydrogen) atoms. The number of amides is 1. The van der Waals surface area contributed by atoms with Crippen molar-refractivity contribution in [2.24, 2.45) is 4.36 Å². The van der Waals surface area contributed by atoms with Crippen LogP contribution in [-0.2, 0) is 14.5 Å². The minimum Gasteiger partial charge on any atom is -0.272 e. The monoisotopic (exact) mass is 384 g/mol. The highest BCUT2D eigenvalue weighted by molar-refractivity contribution is 7.94. The molecule has 6 nitrogen and oxygen atoms in total. The summed E-state index contributed by atoms with van der Waals surface area (Å²) in [6, 6.07) is 9.24. The summed E-state index contributed by atoms with van der Waals surface area (Å²) in [7, 11) is -2.84. The number of carbonyl (C=O) groups is 1. The third kappa shape index (κ3) is 3.78. The highest BCUT2D eigenvalue weighted by atomic mass is 32.2. The van der Waals surface area contributed by atoms with Crippen LogP contribution in [0.15, 0.2) is 58.2 Å². The molecule has 0 saturated carbocycles. The van der Waals surface area contributed by atoms with Gasteiger partial charge in [0, 0.05) is 34.3 Å². The van der Waals surface area contributed by atoms with E-state index in [0.29, 0.717) is 17.7 Å². The zero-order valence-corrected chi connectivity index (χ0v) is 16.6. The predicted octanol–water partition coefficient (Wildman–Crippen LogP) is 4.37. The maximum atomic E-state index is 13.8. The summed E-state index contributed by atoms with van der Waals surface area (Å²) in [5, 5.41) is 5.24. The summed E-state index contributed by atoms with van der Waals surface area (Å²) in [6.07, 6.45) is 6.96. The Morgan fingerprint density at radius 3 is 2.63 bits per heavy atom. The van der Waals surface area contributed by atoms with Crippen molar-refractivity contribution in [3.05, 3.63) is 48.9 Å². The molecule has 1 unspecified atom stereocenters. The minimum absolute atomic E-state index is 0.168. The molecule has 142 valence electrons. The summed E-state index contributed by atoms with van der Waals surface area (Å²) in [4.78, 5) is 16.7. The Morgan fingerprint density at radius 1 is 1.22 bits per heavy atom. The first-order valence-electron chi connectivity index (χ1n) is 9.20. The lowest BCUT2D eigenvalue weighted by molar-refractivity contribution is -0.117. The van der Waals surface area contributed by atoms with E-state index < -0.39 is 9.73 Å². The van der Waals surface area contributed by atoms with Crippen molar-refractivity contribution in [1.82, 2.24) is 14.8 Å². The molecule has 1 aromatic carbocycles. The van der Waals surface area contributed by atoms with E-state index in [0.717, 1.165) is 16.6 Å². The average molecular weight is 385 g/mol. The van der Waals surface area contributed by atoms with Gasteiger partial charge in [0.05, 0.1) is 27.1 Å². The van der Waals surface area contributed by atoms with Crippen LogP contribution in [0.2, 0.25) is 0 Å². The van der Waals surface area contributed by atoms with E-state index in [-0.39, 0.29) is 17.6 Å². The van der Waals surface area contributed by atoms with Gasteiger partial charge in [-0.15, -0.1) is 0 Å². The highest BCUT2D eigenvalue weighted by Crippen LogP contribution is 2.27. The van der Waals surface area contributed by atoms with E-state index in [1.165, 1.54) is 0 Å². The van der Waals surface area contributed by atoms with Crippen LogP contribution < -0.4 is 0 Å². The van der Waals surface area contributed by atoms with Crippen molar-refractivity contribution in [3.8, 4) is 5.69 Å². The molecular formula is C20H24N4O2S. The first kappa shape index (κ1) is 19.2. The molecular weight excluding hydrogens is 360 g/mol. The summed E-state index contributed by atoms with van der Waals surface area (Å²) < 4.78 is 19.7. The second kappa shape index (κ2) is 8.00. The maximum absolute atomic E-state index is 13.8. The van der Waals surface area contributed by atoms with Crippen LogP contribution in [0, 0.1) is 0 Å². The van der Waals surface area contributed by atoms with Gasteiger partial charge in [-0.25, -0.2) is 8.89 Å². The van der Waals surface area contributed by atoms with Crippen molar-refractivity contribution in [2.45, 2.75) is 50.2 Å². The van der Waals surface area contributed by atoms with Gasteiger partial charge < -0.3 is 0 Å². The molecule has 0 N–H and O–H groups in total. The van der Waals surface area contributed by atoms with Crippen molar-refractivity contribution in [1.29, 1.82) is 0 Å². The van der Waals surface area contributed by atoms with Gasteiger partial charge in [-0.1, -0.05) is 20.8 Å². The van der Waals surface area contributed by atoms with Gasteiger partial charge in [-0.2, -0.15) is 9.46 Å². The number of benzene rings is 1. The quantitative estimate of drug-likeness (QED) is 0.632. The Bertz CT molecular complexity index is 1060. The van der Waals surface area contributed by atoms with E-state index in [1.54, 1.807) is 30.1 Å². The molecule has 0 fully saturated rings. The average Bonchev–Trinajstić information content (AvgIpc) is 3.12. The van der Waals surface area contributed by atoms with E-state index >= 15 is 0 Å². The number of carbonyl (C=O) groups excluding carboxylic acids is 1. The number of hydrogen-bond acceptors (Lipinski definition) is 4. The van der Waals surface area contributed by atoms with Crippen molar-refractivity contribution < 1.29 is 9.00 Å². The fraction of sp³-hybridized carbons (Fsp3) is 0.350. The topological polar surface area (TPSA) is 77.2 Å². The lowest BCUT2D eigenvalue weighted by Crippen LogP contribution is -2.21. The lowest BCUT2D eigenvalue weighted by atomic mass is 10.2. The van der Waals surface area contributed by atoms with Gasteiger partial charge >= 0.3 is 0 Å². The Morgan fingerprint density at radius 2 is 2.00 bits per heavy atom. The van der Waals surface area contributed by atoms with Gasteiger partial charge in [0.1, 0.15) is 0 Å². The van der Waals surface area contributed by atoms with Crippen LogP contribution >= 0.6 is 0 Å². The molecule has 2 heterocycles. The zero-order chi connectivity index (χ0) is 19.4. The summed E-state index contributed by atoms with van der Waals surface area (Å²) in [5.41, 5.74) is 1.64. The molecule has 0 aliphatic carbocycles. The Hall–Kier alpha value is -2.54. The van der Waals surface area contributed by atoms with Gasteiger partial charge in [0.25, 0.3) is 5.91 Å². The Balaban J connectivity index is 2.15. The molecule has 3 aromatic rings. The fourth-order valence-electron chi connectivity index (χ4n) is 3.08. The Labute approximate surface area is 159 Å². The molecule has 7 heteroatoms. The molecule has 1 atom stereocenters. The van der Waals surface area contributed by atoms with E-state index in [2.05, 4.69) is 14.4 Å². The number of aromatic nitrogens is 3. The number of fused-ring (bicyclic) bond motifs is 1. The van der Waals surface area contributed by atoms with E-state index in [4.69, 9.17) is 0 Å². The SMILES string of the molecule is CCC(=O)N=S(=O)(c1ccc2nn(-c3cccnc3)cc2c1)C(CC)CC. The fourth-order valence-corrected chi connectivity index (χ4v) is 5.62. The zero-order valence-electron chi connectivity index (χ0n) is 15.8. The molecule has 0 aliphatic heterocycles.